The Labute approximate surface area is 115 Å². The molecule has 19 heavy (non-hydrogen) atoms. The highest BCUT2D eigenvalue weighted by Gasteiger charge is 2.41. The first-order chi connectivity index (χ1) is 9.09. The zero-order chi connectivity index (χ0) is 13.9. The lowest BCUT2D eigenvalue weighted by molar-refractivity contribution is 0.0522. The smallest absolute Gasteiger partial charge is 0.319 e. The minimum Gasteiger partial charge on any atom is -0.331 e. The summed E-state index contributed by atoms with van der Waals surface area (Å²) in [6, 6.07) is 2.61. The molecular weight excluding hydrogens is 240 g/mol. The number of urea groups is 1. The number of amides is 2. The Hall–Kier alpha value is -1.28. The van der Waals surface area contributed by atoms with Crippen molar-refractivity contribution in [2.75, 3.05) is 40.3 Å². The van der Waals surface area contributed by atoms with Gasteiger partial charge in [-0.3, -0.25) is 4.90 Å². The van der Waals surface area contributed by atoms with Gasteiger partial charge in [-0.25, -0.2) is 4.79 Å². The average molecular weight is 264 g/mol. The number of carbonyl (C=O) groups is 1. The van der Waals surface area contributed by atoms with Gasteiger partial charge in [0.05, 0.1) is 6.07 Å². The molecule has 2 fully saturated rings. The van der Waals surface area contributed by atoms with Crippen molar-refractivity contribution in [3.05, 3.63) is 0 Å². The van der Waals surface area contributed by atoms with Crippen LogP contribution in [0.3, 0.4) is 0 Å². The van der Waals surface area contributed by atoms with E-state index in [0.29, 0.717) is 13.1 Å². The van der Waals surface area contributed by atoms with Gasteiger partial charge in [-0.2, -0.15) is 5.26 Å². The van der Waals surface area contributed by atoms with Crippen molar-refractivity contribution in [2.24, 2.45) is 0 Å². The van der Waals surface area contributed by atoms with Crippen LogP contribution in [0, 0.1) is 11.3 Å². The lowest BCUT2D eigenvalue weighted by atomic mass is 9.85. The summed E-state index contributed by atoms with van der Waals surface area (Å²) in [4.78, 5) is 17.8. The maximum absolute atomic E-state index is 11.9. The molecule has 5 heteroatoms. The van der Waals surface area contributed by atoms with Crippen molar-refractivity contribution in [2.45, 2.75) is 37.6 Å². The van der Waals surface area contributed by atoms with E-state index in [1.54, 1.807) is 19.0 Å². The Morgan fingerprint density at radius 3 is 2.16 bits per heavy atom. The van der Waals surface area contributed by atoms with Crippen LogP contribution in [0.15, 0.2) is 0 Å². The van der Waals surface area contributed by atoms with Gasteiger partial charge < -0.3 is 9.80 Å². The molecule has 0 aromatic rings. The second-order valence-corrected chi connectivity index (χ2v) is 5.86. The van der Waals surface area contributed by atoms with Crippen LogP contribution < -0.4 is 0 Å². The summed E-state index contributed by atoms with van der Waals surface area (Å²) < 4.78 is 0. The van der Waals surface area contributed by atoms with E-state index in [9.17, 15) is 10.1 Å². The van der Waals surface area contributed by atoms with E-state index in [1.165, 1.54) is 19.3 Å². The van der Waals surface area contributed by atoms with Crippen molar-refractivity contribution in [1.29, 1.82) is 5.26 Å². The fourth-order valence-electron chi connectivity index (χ4n) is 3.17. The molecule has 0 spiro atoms. The topological polar surface area (TPSA) is 50.6 Å². The van der Waals surface area contributed by atoms with Gasteiger partial charge in [0.25, 0.3) is 0 Å². The number of hydrogen-bond acceptors (Lipinski definition) is 3. The fourth-order valence-corrected chi connectivity index (χ4v) is 3.17. The van der Waals surface area contributed by atoms with Crippen LogP contribution in [0.2, 0.25) is 0 Å². The molecule has 2 aliphatic rings. The third-order valence-electron chi connectivity index (χ3n) is 4.41. The van der Waals surface area contributed by atoms with Crippen molar-refractivity contribution in [3.8, 4) is 6.07 Å². The predicted octanol–water partition coefficient (Wildman–Crippen LogP) is 1.51. The second kappa shape index (κ2) is 5.79. The molecule has 2 rings (SSSR count). The van der Waals surface area contributed by atoms with Crippen LogP contribution in [0.5, 0.6) is 0 Å². The van der Waals surface area contributed by atoms with Crippen molar-refractivity contribution < 1.29 is 4.79 Å². The van der Waals surface area contributed by atoms with Gasteiger partial charge in [0.1, 0.15) is 5.54 Å². The van der Waals surface area contributed by atoms with Crippen LogP contribution in [0.25, 0.3) is 0 Å². The Bertz CT molecular complexity index is 360. The molecule has 0 N–H and O–H groups in total. The van der Waals surface area contributed by atoms with E-state index >= 15 is 0 Å². The van der Waals surface area contributed by atoms with Gasteiger partial charge in [-0.15, -0.1) is 0 Å². The highest BCUT2D eigenvalue weighted by molar-refractivity contribution is 5.74. The summed E-state index contributed by atoms with van der Waals surface area (Å²) in [7, 11) is 3.55. The standard InChI is InChI=1S/C14H24N4O/c1-16(2)13(19)17-10-6-14(12-15,7-11-17)18-8-4-3-5-9-18/h3-11H2,1-2H3. The number of nitrogens with zero attached hydrogens (tertiary/aromatic N) is 4. The number of carbonyl (C=O) groups excluding carboxylic acids is 1. The van der Waals surface area contributed by atoms with Gasteiger partial charge in [-0.05, 0) is 38.8 Å². The van der Waals surface area contributed by atoms with E-state index in [0.717, 1.165) is 25.9 Å². The summed E-state index contributed by atoms with van der Waals surface area (Å²) in [5, 5.41) is 9.62. The van der Waals surface area contributed by atoms with Crippen LogP contribution in [-0.2, 0) is 0 Å². The molecule has 0 aliphatic carbocycles. The van der Waals surface area contributed by atoms with Crippen molar-refractivity contribution in [3.63, 3.8) is 0 Å². The summed E-state index contributed by atoms with van der Waals surface area (Å²) in [5.74, 6) is 0. The largest absolute Gasteiger partial charge is 0.331 e. The molecule has 0 unspecified atom stereocenters. The van der Waals surface area contributed by atoms with Crippen molar-refractivity contribution in [1.82, 2.24) is 14.7 Å². The fraction of sp³-hybridized carbons (Fsp3) is 0.857. The molecule has 2 amide bonds. The van der Waals surface area contributed by atoms with E-state index < -0.39 is 0 Å². The van der Waals surface area contributed by atoms with Crippen LogP contribution in [0.4, 0.5) is 4.79 Å². The van der Waals surface area contributed by atoms with E-state index in [-0.39, 0.29) is 11.6 Å². The normalized spacial score (nSPS) is 23.7. The highest BCUT2D eigenvalue weighted by atomic mass is 16.2. The lowest BCUT2D eigenvalue weighted by Gasteiger charge is -2.46. The summed E-state index contributed by atoms with van der Waals surface area (Å²) in [5.41, 5.74) is -0.330. The third-order valence-corrected chi connectivity index (χ3v) is 4.41. The lowest BCUT2D eigenvalue weighted by Crippen LogP contribution is -2.57. The molecule has 0 aromatic heterocycles. The number of nitriles is 1. The van der Waals surface area contributed by atoms with Gasteiger partial charge in [0, 0.05) is 27.2 Å². The highest BCUT2D eigenvalue weighted by Crippen LogP contribution is 2.31. The Morgan fingerprint density at radius 2 is 1.68 bits per heavy atom. The molecule has 2 heterocycles. The molecule has 5 nitrogen and oxygen atoms in total. The summed E-state index contributed by atoms with van der Waals surface area (Å²) in [6.45, 7) is 3.46. The molecule has 106 valence electrons. The van der Waals surface area contributed by atoms with Gasteiger partial charge >= 0.3 is 6.03 Å². The molecule has 2 aliphatic heterocycles. The van der Waals surface area contributed by atoms with Gasteiger partial charge in [0.15, 0.2) is 0 Å². The Morgan fingerprint density at radius 1 is 1.11 bits per heavy atom. The van der Waals surface area contributed by atoms with Crippen LogP contribution in [-0.4, -0.2) is 66.5 Å². The monoisotopic (exact) mass is 264 g/mol. The summed E-state index contributed by atoms with van der Waals surface area (Å²) in [6.07, 6.45) is 5.24. The van der Waals surface area contributed by atoms with E-state index in [1.807, 2.05) is 4.90 Å². The van der Waals surface area contributed by atoms with Crippen LogP contribution in [0.1, 0.15) is 32.1 Å². The molecule has 0 bridgehead atoms. The second-order valence-electron chi connectivity index (χ2n) is 5.86. The van der Waals surface area contributed by atoms with Gasteiger partial charge in [0.2, 0.25) is 0 Å². The number of rotatable bonds is 1. The minimum absolute atomic E-state index is 0.0604. The maximum Gasteiger partial charge on any atom is 0.319 e. The van der Waals surface area contributed by atoms with Crippen LogP contribution >= 0.6 is 0 Å². The third kappa shape index (κ3) is 2.84. The maximum atomic E-state index is 11.9. The zero-order valence-electron chi connectivity index (χ0n) is 12.1. The van der Waals surface area contributed by atoms with E-state index in [2.05, 4.69) is 11.0 Å². The molecule has 2 saturated heterocycles. The SMILES string of the molecule is CN(C)C(=O)N1CCC(C#N)(N2CCCCC2)CC1. The quantitative estimate of drug-likeness (QED) is 0.721. The Kier molecular flexibility index (Phi) is 4.31. The molecule has 0 saturated carbocycles. The first-order valence-corrected chi connectivity index (χ1v) is 7.21. The predicted molar refractivity (Wildman–Crippen MR) is 73.7 cm³/mol. The molecule has 0 aromatic carbocycles. The average Bonchev–Trinajstić information content (AvgIpc) is 2.47. The van der Waals surface area contributed by atoms with Crippen molar-refractivity contribution >= 4 is 6.03 Å². The first-order valence-electron chi connectivity index (χ1n) is 7.21. The minimum atomic E-state index is -0.330. The molecular formula is C14H24N4O. The van der Waals surface area contributed by atoms with Gasteiger partial charge in [-0.1, -0.05) is 6.42 Å². The number of likely N-dealkylation sites (tertiary alicyclic amines) is 2. The first kappa shape index (κ1) is 14.1. The molecule has 0 atom stereocenters. The number of hydrogen-bond donors (Lipinski definition) is 0. The molecule has 0 radical (unpaired) electrons. The number of piperidine rings is 2. The van der Waals surface area contributed by atoms with E-state index in [4.69, 9.17) is 0 Å². The zero-order valence-corrected chi connectivity index (χ0v) is 12.1. The Balaban J connectivity index is 1.99. The summed E-state index contributed by atoms with van der Waals surface area (Å²) >= 11 is 0.